The summed E-state index contributed by atoms with van der Waals surface area (Å²) in [5, 5.41) is 5.97. The highest BCUT2D eigenvalue weighted by Gasteiger charge is 2.46. The minimum Gasteiger partial charge on any atom is -0.399 e. The fraction of sp³-hybridized carbons (Fsp3) is 0.500. The summed E-state index contributed by atoms with van der Waals surface area (Å²) in [4.78, 5) is 15.0. The number of amides is 1. The lowest BCUT2D eigenvalue weighted by Gasteiger charge is -2.07. The molecule has 0 aromatic heterocycles. The van der Waals surface area contributed by atoms with E-state index in [0.717, 1.165) is 13.3 Å². The molecule has 1 aliphatic heterocycles. The molecule has 0 aromatic carbocycles. The molecule has 1 heterocycles. The van der Waals surface area contributed by atoms with Crippen molar-refractivity contribution >= 4 is 17.8 Å². The van der Waals surface area contributed by atoms with Gasteiger partial charge in [-0.2, -0.15) is 18.3 Å². The van der Waals surface area contributed by atoms with Gasteiger partial charge in [0.1, 0.15) is 13.0 Å². The summed E-state index contributed by atoms with van der Waals surface area (Å²) < 4.78 is 36.6. The minimum absolute atomic E-state index is 0.745. The molecule has 1 atom stereocenters. The molecule has 14 heavy (non-hydrogen) atoms. The minimum atomic E-state index is -4.65. The molecule has 0 fully saturated rings. The van der Waals surface area contributed by atoms with Gasteiger partial charge in [-0.25, -0.2) is 5.43 Å². The van der Waals surface area contributed by atoms with Gasteiger partial charge >= 0.3 is 6.18 Å². The van der Waals surface area contributed by atoms with E-state index in [2.05, 4.69) is 15.1 Å². The summed E-state index contributed by atoms with van der Waals surface area (Å²) >= 11 is 0. The van der Waals surface area contributed by atoms with Crippen LogP contribution in [0.5, 0.6) is 0 Å². The number of carbonyl (C=O) groups is 1. The number of nitrogens with zero attached hydrogens (tertiary/aromatic N) is 2. The topological polar surface area (TPSA) is 63.0 Å². The Balaban J connectivity index is 2.86. The van der Waals surface area contributed by atoms with E-state index in [-0.39, 0.29) is 0 Å². The lowest BCUT2D eigenvalue weighted by atomic mass is 10.1. The molecule has 1 amide bonds. The van der Waals surface area contributed by atoms with Crippen molar-refractivity contribution in [2.75, 3.05) is 7.11 Å². The molecule has 0 unspecified atom stereocenters. The molecule has 78 valence electrons. The van der Waals surface area contributed by atoms with Crippen molar-refractivity contribution in [2.24, 2.45) is 16.2 Å². The predicted molar refractivity (Wildman–Crippen MR) is 40.6 cm³/mol. The average molecular weight is 209 g/mol. The fourth-order valence-corrected chi connectivity index (χ4v) is 0.878. The maximum Gasteiger partial charge on any atom is 0.432 e. The largest absolute Gasteiger partial charge is 0.432 e. The molecule has 0 radical (unpaired) electrons. The summed E-state index contributed by atoms with van der Waals surface area (Å²) in [5.41, 5.74) is 0.498. The summed E-state index contributed by atoms with van der Waals surface area (Å²) in [6.07, 6.45) is -3.90. The molecule has 5 nitrogen and oxygen atoms in total. The van der Waals surface area contributed by atoms with E-state index in [1.165, 1.54) is 0 Å². The normalized spacial score (nSPS) is 22.4. The van der Waals surface area contributed by atoms with Crippen LogP contribution in [0.1, 0.15) is 0 Å². The molecule has 0 spiro atoms. The Morgan fingerprint density at radius 3 is 2.79 bits per heavy atom. The summed E-state index contributed by atoms with van der Waals surface area (Å²) in [5.74, 6) is -2.41. The van der Waals surface area contributed by atoms with E-state index in [1.54, 1.807) is 5.43 Å². The van der Waals surface area contributed by atoms with Crippen LogP contribution < -0.4 is 5.43 Å². The summed E-state index contributed by atoms with van der Waals surface area (Å²) in [6.45, 7) is 0. The van der Waals surface area contributed by atoms with E-state index in [0.29, 0.717) is 0 Å². The van der Waals surface area contributed by atoms with Gasteiger partial charge in [0, 0.05) is 0 Å². The lowest BCUT2D eigenvalue weighted by molar-refractivity contribution is -0.121. The first-order valence-corrected chi connectivity index (χ1v) is 3.48. The van der Waals surface area contributed by atoms with Crippen LogP contribution in [0.2, 0.25) is 0 Å². The number of hydrogen-bond donors (Lipinski definition) is 1. The van der Waals surface area contributed by atoms with Crippen LogP contribution in [0.25, 0.3) is 0 Å². The highest BCUT2D eigenvalue weighted by molar-refractivity contribution is 6.20. The molecule has 1 aliphatic rings. The second-order valence-electron chi connectivity index (χ2n) is 2.39. The van der Waals surface area contributed by atoms with Gasteiger partial charge in [0.2, 0.25) is 0 Å². The molecular formula is C6H6F3N3O2. The number of carbonyl (C=O) groups excluding carboxylic acids is 1. The lowest BCUT2D eigenvalue weighted by Crippen LogP contribution is -2.33. The second-order valence-corrected chi connectivity index (χ2v) is 2.39. The average Bonchev–Trinajstić information content (AvgIpc) is 2.42. The number of rotatable bonds is 2. The van der Waals surface area contributed by atoms with Crippen LogP contribution in [0.3, 0.4) is 0 Å². The van der Waals surface area contributed by atoms with Gasteiger partial charge in [0.25, 0.3) is 5.91 Å². The van der Waals surface area contributed by atoms with E-state index in [9.17, 15) is 18.0 Å². The molecule has 1 N–H and O–H groups in total. The number of hydrazone groups is 1. The fourth-order valence-electron chi connectivity index (χ4n) is 0.878. The third-order valence-electron chi connectivity index (χ3n) is 1.47. The first-order valence-electron chi connectivity index (χ1n) is 3.48. The Labute approximate surface area is 76.6 Å². The van der Waals surface area contributed by atoms with Gasteiger partial charge in [-0.1, -0.05) is 5.16 Å². The summed E-state index contributed by atoms with van der Waals surface area (Å²) in [7, 11) is 1.16. The number of oxime groups is 1. The smallest absolute Gasteiger partial charge is 0.399 e. The SMILES string of the molecule is CO/N=C\[C@@H]1C(=O)NN=C1C(F)(F)F. The molecule has 0 saturated carbocycles. The van der Waals surface area contributed by atoms with E-state index in [1.807, 2.05) is 0 Å². The molecule has 8 heteroatoms. The monoisotopic (exact) mass is 209 g/mol. The Bertz CT molecular complexity index is 297. The van der Waals surface area contributed by atoms with E-state index < -0.39 is 23.7 Å². The number of hydrogen-bond acceptors (Lipinski definition) is 4. The Kier molecular flexibility index (Phi) is 2.73. The van der Waals surface area contributed by atoms with Crippen LogP contribution in [0, 0.1) is 5.92 Å². The second kappa shape index (κ2) is 3.64. The van der Waals surface area contributed by atoms with Crippen molar-refractivity contribution in [3.63, 3.8) is 0 Å². The maximum atomic E-state index is 12.2. The number of halogens is 3. The van der Waals surface area contributed by atoms with Crippen LogP contribution in [0.15, 0.2) is 10.3 Å². The van der Waals surface area contributed by atoms with Crippen molar-refractivity contribution in [3.05, 3.63) is 0 Å². The Morgan fingerprint density at radius 2 is 2.29 bits per heavy atom. The standard InChI is InChI=1S/C6H6F3N3O2/c1-14-10-2-3-4(6(7,8)9)11-12-5(3)13/h2-3H,1H3,(H,12,13)/b10-2-/t3-/m0/s1. The number of alkyl halides is 3. The molecule has 0 bridgehead atoms. The zero-order valence-electron chi connectivity index (χ0n) is 7.00. The highest BCUT2D eigenvalue weighted by Crippen LogP contribution is 2.24. The van der Waals surface area contributed by atoms with Crippen LogP contribution in [0.4, 0.5) is 13.2 Å². The number of nitrogens with one attached hydrogen (secondary N) is 1. The van der Waals surface area contributed by atoms with Gasteiger partial charge in [-0.3, -0.25) is 4.79 Å². The molecule has 0 aliphatic carbocycles. The predicted octanol–water partition coefficient (Wildman–Crippen LogP) is 0.283. The van der Waals surface area contributed by atoms with E-state index >= 15 is 0 Å². The van der Waals surface area contributed by atoms with Gasteiger partial charge in [-0.05, 0) is 0 Å². The third-order valence-corrected chi connectivity index (χ3v) is 1.47. The zero-order valence-corrected chi connectivity index (χ0v) is 7.00. The van der Waals surface area contributed by atoms with Crippen molar-refractivity contribution in [1.82, 2.24) is 5.43 Å². The van der Waals surface area contributed by atoms with Crippen molar-refractivity contribution < 1.29 is 22.8 Å². The first kappa shape index (κ1) is 10.5. The summed E-state index contributed by atoms with van der Waals surface area (Å²) in [6, 6.07) is 0. The molecular weight excluding hydrogens is 203 g/mol. The van der Waals surface area contributed by atoms with Crippen LogP contribution >= 0.6 is 0 Å². The van der Waals surface area contributed by atoms with Crippen molar-refractivity contribution in [3.8, 4) is 0 Å². The highest BCUT2D eigenvalue weighted by atomic mass is 19.4. The molecule has 1 rings (SSSR count). The van der Waals surface area contributed by atoms with Gasteiger partial charge in [-0.15, -0.1) is 0 Å². The Hall–Kier alpha value is -1.60. The van der Waals surface area contributed by atoms with Crippen LogP contribution in [-0.4, -0.2) is 31.1 Å². The quantitative estimate of drug-likeness (QED) is 0.524. The van der Waals surface area contributed by atoms with Crippen molar-refractivity contribution in [2.45, 2.75) is 6.18 Å². The Morgan fingerprint density at radius 1 is 1.64 bits per heavy atom. The maximum absolute atomic E-state index is 12.2. The van der Waals surface area contributed by atoms with Gasteiger partial charge < -0.3 is 4.84 Å². The third kappa shape index (κ3) is 2.01. The van der Waals surface area contributed by atoms with Crippen molar-refractivity contribution in [1.29, 1.82) is 0 Å². The molecule has 0 aromatic rings. The van der Waals surface area contributed by atoms with Crippen LogP contribution in [-0.2, 0) is 9.63 Å². The van der Waals surface area contributed by atoms with Gasteiger partial charge in [0.15, 0.2) is 5.71 Å². The first-order chi connectivity index (χ1) is 6.46. The zero-order chi connectivity index (χ0) is 10.8. The van der Waals surface area contributed by atoms with E-state index in [4.69, 9.17) is 0 Å². The van der Waals surface area contributed by atoms with Gasteiger partial charge in [0.05, 0.1) is 6.21 Å². The molecule has 0 saturated heterocycles.